The van der Waals surface area contributed by atoms with Crippen LogP contribution in [0.25, 0.3) is 0 Å². The first-order valence-electron chi connectivity index (χ1n) is 5.61. The van der Waals surface area contributed by atoms with Crippen LogP contribution in [0.4, 0.5) is 0 Å². The van der Waals surface area contributed by atoms with E-state index in [9.17, 15) is 4.79 Å². The van der Waals surface area contributed by atoms with Gasteiger partial charge in [-0.25, -0.2) is 0 Å². The highest BCUT2D eigenvalue weighted by Gasteiger charge is 2.06. The van der Waals surface area contributed by atoms with Gasteiger partial charge in [0.25, 0.3) is 0 Å². The van der Waals surface area contributed by atoms with Crippen LogP contribution in [-0.4, -0.2) is 50.8 Å². The average Bonchev–Trinajstić information content (AvgIpc) is 2.27. The van der Waals surface area contributed by atoms with Crippen LogP contribution in [0.2, 0.25) is 0 Å². The lowest BCUT2D eigenvalue weighted by Gasteiger charge is -2.19. The maximum absolute atomic E-state index is 10.9. The van der Waals surface area contributed by atoms with Crippen LogP contribution in [-0.2, 0) is 14.3 Å². The molecule has 90 valence electrons. The third kappa shape index (κ3) is 8.39. The highest BCUT2D eigenvalue weighted by atomic mass is 16.5. The van der Waals surface area contributed by atoms with Gasteiger partial charge in [0.1, 0.15) is 0 Å². The maximum Gasteiger partial charge on any atom is 0.306 e. The average molecular weight is 217 g/mol. The summed E-state index contributed by atoms with van der Waals surface area (Å²) >= 11 is 0. The summed E-state index contributed by atoms with van der Waals surface area (Å²) in [6.07, 6.45) is 1.51. The van der Waals surface area contributed by atoms with Crippen molar-refractivity contribution in [1.29, 1.82) is 0 Å². The van der Waals surface area contributed by atoms with Crippen molar-refractivity contribution in [2.75, 3.05) is 40.0 Å². The van der Waals surface area contributed by atoms with Crippen molar-refractivity contribution in [1.82, 2.24) is 4.90 Å². The van der Waals surface area contributed by atoms with Crippen LogP contribution in [0, 0.1) is 0 Å². The number of likely N-dealkylation sites (N-methyl/N-ethyl adjacent to an activating group) is 1. The number of carbonyl (C=O) groups excluding carboxylic acids is 1. The third-order valence-corrected chi connectivity index (χ3v) is 2.21. The molecule has 0 atom stereocenters. The summed E-state index contributed by atoms with van der Waals surface area (Å²) in [5.74, 6) is -0.150. The summed E-state index contributed by atoms with van der Waals surface area (Å²) < 4.78 is 9.98. The van der Waals surface area contributed by atoms with Gasteiger partial charge in [0.2, 0.25) is 0 Å². The normalized spacial score (nSPS) is 10.7. The van der Waals surface area contributed by atoms with E-state index in [0.29, 0.717) is 6.42 Å². The van der Waals surface area contributed by atoms with E-state index in [4.69, 9.17) is 4.74 Å². The first-order valence-corrected chi connectivity index (χ1v) is 5.61. The summed E-state index contributed by atoms with van der Waals surface area (Å²) in [6, 6.07) is 0. The first kappa shape index (κ1) is 14.4. The summed E-state index contributed by atoms with van der Waals surface area (Å²) in [4.78, 5) is 13.1. The molecular weight excluding hydrogens is 194 g/mol. The number of rotatable bonds is 9. The minimum atomic E-state index is -0.150. The van der Waals surface area contributed by atoms with E-state index in [0.717, 1.165) is 39.3 Å². The van der Waals surface area contributed by atoms with Gasteiger partial charge in [-0.05, 0) is 13.0 Å². The number of carbonyl (C=O) groups is 1. The molecule has 4 nitrogen and oxygen atoms in total. The van der Waals surface area contributed by atoms with Crippen molar-refractivity contribution in [2.24, 2.45) is 0 Å². The molecule has 0 aliphatic rings. The van der Waals surface area contributed by atoms with Crippen molar-refractivity contribution in [3.8, 4) is 0 Å². The van der Waals surface area contributed by atoms with Gasteiger partial charge in [-0.15, -0.1) is 0 Å². The zero-order chi connectivity index (χ0) is 11.5. The number of esters is 1. The molecule has 0 aliphatic heterocycles. The van der Waals surface area contributed by atoms with E-state index >= 15 is 0 Å². The quantitative estimate of drug-likeness (QED) is 0.431. The number of ether oxygens (including phenoxy) is 2. The molecule has 0 saturated carbocycles. The topological polar surface area (TPSA) is 38.8 Å². The van der Waals surface area contributed by atoms with Crippen LogP contribution in [0.1, 0.15) is 26.7 Å². The molecule has 0 N–H and O–H groups in total. The summed E-state index contributed by atoms with van der Waals surface area (Å²) in [5, 5.41) is 0. The molecule has 0 unspecified atom stereocenters. The Bertz CT molecular complexity index is 162. The van der Waals surface area contributed by atoms with E-state index < -0.39 is 0 Å². The summed E-state index contributed by atoms with van der Waals surface area (Å²) in [6.45, 7) is 8.29. The van der Waals surface area contributed by atoms with Crippen LogP contribution in [0.5, 0.6) is 0 Å². The Balaban J connectivity index is 3.50. The summed E-state index contributed by atoms with van der Waals surface area (Å²) in [5.41, 5.74) is 0. The fourth-order valence-corrected chi connectivity index (χ4v) is 1.22. The van der Waals surface area contributed by atoms with Gasteiger partial charge in [-0.2, -0.15) is 0 Å². The highest BCUT2D eigenvalue weighted by Crippen LogP contribution is 1.93. The molecule has 0 saturated heterocycles. The Labute approximate surface area is 92.5 Å². The number of hydrogen-bond acceptors (Lipinski definition) is 4. The van der Waals surface area contributed by atoms with Crippen LogP contribution < -0.4 is 0 Å². The van der Waals surface area contributed by atoms with Gasteiger partial charge < -0.3 is 14.4 Å². The Morgan fingerprint density at radius 3 is 2.47 bits per heavy atom. The number of nitrogens with zero attached hydrogens (tertiary/aromatic N) is 1. The Morgan fingerprint density at radius 1 is 1.20 bits per heavy atom. The molecule has 4 heteroatoms. The van der Waals surface area contributed by atoms with E-state index in [1.54, 1.807) is 0 Å². The predicted molar refractivity (Wildman–Crippen MR) is 59.9 cm³/mol. The van der Waals surface area contributed by atoms with Crippen molar-refractivity contribution in [2.45, 2.75) is 26.7 Å². The largest absolute Gasteiger partial charge is 0.469 e. The minimum Gasteiger partial charge on any atom is -0.469 e. The molecule has 0 fully saturated rings. The Hall–Kier alpha value is -0.610. The van der Waals surface area contributed by atoms with E-state index in [1.165, 1.54) is 7.11 Å². The Kier molecular flexibility index (Phi) is 9.52. The monoisotopic (exact) mass is 217 g/mol. The van der Waals surface area contributed by atoms with Crippen LogP contribution in [0.15, 0.2) is 0 Å². The highest BCUT2D eigenvalue weighted by molar-refractivity contribution is 5.69. The second kappa shape index (κ2) is 9.93. The molecule has 0 aromatic carbocycles. The second-order valence-corrected chi connectivity index (χ2v) is 3.37. The van der Waals surface area contributed by atoms with Gasteiger partial charge in [-0.3, -0.25) is 4.79 Å². The first-order chi connectivity index (χ1) is 7.24. The molecule has 0 spiro atoms. The molecule has 0 heterocycles. The van der Waals surface area contributed by atoms with Crippen molar-refractivity contribution >= 4 is 5.97 Å². The lowest BCUT2D eigenvalue weighted by Crippen LogP contribution is -2.30. The van der Waals surface area contributed by atoms with Gasteiger partial charge in [0.15, 0.2) is 0 Å². The third-order valence-electron chi connectivity index (χ3n) is 2.21. The lowest BCUT2D eigenvalue weighted by molar-refractivity contribution is -0.141. The number of hydrogen-bond donors (Lipinski definition) is 0. The zero-order valence-corrected chi connectivity index (χ0v) is 10.1. The minimum absolute atomic E-state index is 0.150. The molecule has 0 radical (unpaired) electrons. The SMILES string of the molecule is CCCOCCN(CC)CCC(=O)OC. The molecule has 0 aromatic heterocycles. The van der Waals surface area contributed by atoms with Gasteiger partial charge in [-0.1, -0.05) is 13.8 Å². The second-order valence-electron chi connectivity index (χ2n) is 3.37. The maximum atomic E-state index is 10.9. The van der Waals surface area contributed by atoms with Gasteiger partial charge in [0.05, 0.1) is 20.1 Å². The standard InChI is InChI=1S/C11H23NO3/c1-4-9-15-10-8-12(5-2)7-6-11(13)14-3/h4-10H2,1-3H3. The molecular formula is C11H23NO3. The molecule has 0 rings (SSSR count). The molecule has 0 aliphatic carbocycles. The summed E-state index contributed by atoms with van der Waals surface area (Å²) in [7, 11) is 1.42. The lowest BCUT2D eigenvalue weighted by atomic mass is 10.3. The zero-order valence-electron chi connectivity index (χ0n) is 10.1. The van der Waals surface area contributed by atoms with Crippen LogP contribution >= 0.6 is 0 Å². The van der Waals surface area contributed by atoms with Crippen molar-refractivity contribution in [3.63, 3.8) is 0 Å². The number of methoxy groups -OCH3 is 1. The fraction of sp³-hybridized carbons (Fsp3) is 0.909. The molecule has 15 heavy (non-hydrogen) atoms. The van der Waals surface area contributed by atoms with Gasteiger partial charge in [0, 0.05) is 19.7 Å². The van der Waals surface area contributed by atoms with Crippen molar-refractivity contribution < 1.29 is 14.3 Å². The van der Waals surface area contributed by atoms with E-state index in [-0.39, 0.29) is 5.97 Å². The molecule has 0 aromatic rings. The van der Waals surface area contributed by atoms with Crippen molar-refractivity contribution in [3.05, 3.63) is 0 Å². The molecule has 0 amide bonds. The van der Waals surface area contributed by atoms with E-state index in [1.807, 2.05) is 0 Å². The van der Waals surface area contributed by atoms with Gasteiger partial charge >= 0.3 is 5.97 Å². The smallest absolute Gasteiger partial charge is 0.306 e. The Morgan fingerprint density at radius 2 is 1.93 bits per heavy atom. The van der Waals surface area contributed by atoms with Crippen LogP contribution in [0.3, 0.4) is 0 Å². The predicted octanol–water partition coefficient (Wildman–Crippen LogP) is 1.30. The molecule has 0 bridgehead atoms. The van der Waals surface area contributed by atoms with E-state index in [2.05, 4.69) is 23.5 Å². The fourth-order valence-electron chi connectivity index (χ4n) is 1.22.